The fourth-order valence-electron chi connectivity index (χ4n) is 2.28. The number of hydrogen-bond acceptors (Lipinski definition) is 4. The number of halogens is 2. The Morgan fingerprint density at radius 1 is 1.45 bits per heavy atom. The fraction of sp³-hybridized carbons (Fsp3) is 0.571. The van der Waals surface area contributed by atoms with E-state index in [0.29, 0.717) is 19.7 Å². The molecule has 1 aromatic rings. The zero-order chi connectivity index (χ0) is 14.5. The second kappa shape index (κ2) is 6.97. The summed E-state index contributed by atoms with van der Waals surface area (Å²) >= 11 is 0. The molecule has 0 aromatic heterocycles. The van der Waals surface area contributed by atoms with Gasteiger partial charge in [0.05, 0.1) is 12.7 Å². The Labute approximate surface area is 117 Å². The van der Waals surface area contributed by atoms with Crippen molar-refractivity contribution in [2.24, 2.45) is 5.73 Å². The molecule has 2 N–H and O–H groups in total. The predicted octanol–water partition coefficient (Wildman–Crippen LogP) is 1.84. The maximum absolute atomic E-state index is 12.4. The van der Waals surface area contributed by atoms with Crippen LogP contribution < -0.4 is 10.5 Å². The number of ether oxygens (including phenoxy) is 2. The van der Waals surface area contributed by atoms with E-state index in [1.54, 1.807) is 18.2 Å². The van der Waals surface area contributed by atoms with Crippen molar-refractivity contribution in [1.29, 1.82) is 0 Å². The van der Waals surface area contributed by atoms with Crippen molar-refractivity contribution in [2.75, 3.05) is 19.7 Å². The minimum absolute atomic E-state index is 0.0214. The SMILES string of the molecule is CC(N)C1CN(Cc2ccccc2OC(F)F)CCO1. The summed E-state index contributed by atoms with van der Waals surface area (Å²) in [5.41, 5.74) is 6.59. The number of hydrogen-bond donors (Lipinski definition) is 1. The molecule has 1 aromatic carbocycles. The van der Waals surface area contributed by atoms with Gasteiger partial charge in [0, 0.05) is 31.2 Å². The van der Waals surface area contributed by atoms with Gasteiger partial charge in [0.1, 0.15) is 5.75 Å². The van der Waals surface area contributed by atoms with Crippen molar-refractivity contribution in [2.45, 2.75) is 32.2 Å². The van der Waals surface area contributed by atoms with Crippen molar-refractivity contribution < 1.29 is 18.3 Å². The lowest BCUT2D eigenvalue weighted by Crippen LogP contribution is -2.49. The van der Waals surface area contributed by atoms with Crippen LogP contribution >= 0.6 is 0 Å². The summed E-state index contributed by atoms with van der Waals surface area (Å²) in [5.74, 6) is 0.228. The zero-order valence-electron chi connectivity index (χ0n) is 11.5. The molecule has 1 fully saturated rings. The molecule has 0 saturated carbocycles. The number of nitrogens with zero attached hydrogens (tertiary/aromatic N) is 1. The Hall–Kier alpha value is -1.24. The molecule has 112 valence electrons. The van der Waals surface area contributed by atoms with Crippen molar-refractivity contribution in [3.05, 3.63) is 29.8 Å². The van der Waals surface area contributed by atoms with E-state index in [1.165, 1.54) is 0 Å². The maximum atomic E-state index is 12.4. The van der Waals surface area contributed by atoms with Gasteiger partial charge in [0.2, 0.25) is 0 Å². The monoisotopic (exact) mass is 286 g/mol. The van der Waals surface area contributed by atoms with Gasteiger partial charge in [0.25, 0.3) is 0 Å². The van der Waals surface area contributed by atoms with E-state index in [9.17, 15) is 8.78 Å². The van der Waals surface area contributed by atoms with E-state index in [1.807, 2.05) is 13.0 Å². The summed E-state index contributed by atoms with van der Waals surface area (Å²) in [6.07, 6.45) is -0.0214. The molecule has 2 atom stereocenters. The Morgan fingerprint density at radius 3 is 2.90 bits per heavy atom. The lowest BCUT2D eigenvalue weighted by molar-refractivity contribution is -0.0535. The molecule has 0 aliphatic carbocycles. The molecular formula is C14H20F2N2O2. The minimum Gasteiger partial charge on any atom is -0.434 e. The Morgan fingerprint density at radius 2 is 2.20 bits per heavy atom. The van der Waals surface area contributed by atoms with Gasteiger partial charge in [0.15, 0.2) is 0 Å². The van der Waals surface area contributed by atoms with Gasteiger partial charge in [-0.05, 0) is 13.0 Å². The summed E-state index contributed by atoms with van der Waals surface area (Å²) in [4.78, 5) is 2.14. The van der Waals surface area contributed by atoms with Crippen LogP contribution in [0.25, 0.3) is 0 Å². The van der Waals surface area contributed by atoms with E-state index in [4.69, 9.17) is 10.5 Å². The van der Waals surface area contributed by atoms with Crippen LogP contribution in [0.5, 0.6) is 5.75 Å². The topological polar surface area (TPSA) is 47.7 Å². The van der Waals surface area contributed by atoms with E-state index in [0.717, 1.165) is 12.1 Å². The first-order valence-electron chi connectivity index (χ1n) is 6.68. The van der Waals surface area contributed by atoms with Crippen molar-refractivity contribution >= 4 is 0 Å². The maximum Gasteiger partial charge on any atom is 0.387 e. The summed E-state index contributed by atoms with van der Waals surface area (Å²) in [6.45, 7) is 1.70. The third kappa shape index (κ3) is 4.13. The van der Waals surface area contributed by atoms with Crippen molar-refractivity contribution in [3.8, 4) is 5.75 Å². The van der Waals surface area contributed by atoms with E-state index in [2.05, 4.69) is 9.64 Å². The molecule has 1 heterocycles. The average molecular weight is 286 g/mol. The van der Waals surface area contributed by atoms with Crippen LogP contribution in [0.15, 0.2) is 24.3 Å². The first-order chi connectivity index (χ1) is 9.56. The van der Waals surface area contributed by atoms with Gasteiger partial charge < -0.3 is 15.2 Å². The summed E-state index contributed by atoms with van der Waals surface area (Å²) in [5, 5.41) is 0. The van der Waals surface area contributed by atoms with Crippen LogP contribution in [-0.4, -0.2) is 43.4 Å². The molecule has 1 aliphatic heterocycles. The van der Waals surface area contributed by atoms with E-state index >= 15 is 0 Å². The smallest absolute Gasteiger partial charge is 0.387 e. The van der Waals surface area contributed by atoms with Crippen LogP contribution in [0.3, 0.4) is 0 Å². The highest BCUT2D eigenvalue weighted by molar-refractivity contribution is 5.33. The summed E-state index contributed by atoms with van der Waals surface area (Å²) < 4.78 is 34.9. The molecule has 0 amide bonds. The Bertz CT molecular complexity index is 429. The first kappa shape index (κ1) is 15.2. The standard InChI is InChI=1S/C14H20F2N2O2/c1-10(17)13-9-18(6-7-19-13)8-11-4-2-3-5-12(11)20-14(15)16/h2-5,10,13-14H,6-9,17H2,1H3. The summed E-state index contributed by atoms with van der Waals surface area (Å²) in [6, 6.07) is 6.81. The van der Waals surface area contributed by atoms with Crippen LogP contribution in [-0.2, 0) is 11.3 Å². The highest BCUT2D eigenvalue weighted by Crippen LogP contribution is 2.23. The lowest BCUT2D eigenvalue weighted by Gasteiger charge is -2.34. The number of rotatable bonds is 5. The second-order valence-electron chi connectivity index (χ2n) is 4.99. The van der Waals surface area contributed by atoms with Gasteiger partial charge >= 0.3 is 6.61 Å². The highest BCUT2D eigenvalue weighted by atomic mass is 19.3. The van der Waals surface area contributed by atoms with Gasteiger partial charge in [-0.1, -0.05) is 18.2 Å². The fourth-order valence-corrected chi connectivity index (χ4v) is 2.28. The van der Waals surface area contributed by atoms with E-state index in [-0.39, 0.29) is 17.9 Å². The largest absolute Gasteiger partial charge is 0.434 e. The van der Waals surface area contributed by atoms with Gasteiger partial charge in [-0.2, -0.15) is 8.78 Å². The molecule has 0 radical (unpaired) electrons. The average Bonchev–Trinajstić information content (AvgIpc) is 2.41. The van der Waals surface area contributed by atoms with Crippen molar-refractivity contribution in [1.82, 2.24) is 4.90 Å². The molecule has 2 unspecified atom stereocenters. The van der Waals surface area contributed by atoms with E-state index < -0.39 is 6.61 Å². The second-order valence-corrected chi connectivity index (χ2v) is 4.99. The number of nitrogens with two attached hydrogens (primary N) is 1. The molecule has 1 aliphatic rings. The number of alkyl halides is 2. The Balaban J connectivity index is 2.02. The number of para-hydroxylation sites is 1. The first-order valence-corrected chi connectivity index (χ1v) is 6.68. The quantitative estimate of drug-likeness (QED) is 0.897. The number of benzene rings is 1. The normalized spacial score (nSPS) is 21.9. The molecule has 0 bridgehead atoms. The van der Waals surface area contributed by atoms with Crippen LogP contribution in [0, 0.1) is 0 Å². The lowest BCUT2D eigenvalue weighted by atomic mass is 10.1. The minimum atomic E-state index is -2.81. The van der Waals surface area contributed by atoms with Crippen LogP contribution in [0.2, 0.25) is 0 Å². The third-order valence-corrected chi connectivity index (χ3v) is 3.35. The van der Waals surface area contributed by atoms with Crippen LogP contribution in [0.4, 0.5) is 8.78 Å². The molecule has 0 spiro atoms. The highest BCUT2D eigenvalue weighted by Gasteiger charge is 2.24. The van der Waals surface area contributed by atoms with Gasteiger partial charge in [-0.3, -0.25) is 4.90 Å². The zero-order valence-corrected chi connectivity index (χ0v) is 11.5. The third-order valence-electron chi connectivity index (χ3n) is 3.35. The summed E-state index contributed by atoms with van der Waals surface area (Å²) in [7, 11) is 0. The molecule has 1 saturated heterocycles. The van der Waals surface area contributed by atoms with Crippen molar-refractivity contribution in [3.63, 3.8) is 0 Å². The molecule has 2 rings (SSSR count). The van der Waals surface area contributed by atoms with Gasteiger partial charge in [-0.15, -0.1) is 0 Å². The Kier molecular flexibility index (Phi) is 5.28. The van der Waals surface area contributed by atoms with Crippen LogP contribution in [0.1, 0.15) is 12.5 Å². The molecule has 6 heteroatoms. The number of morpholine rings is 1. The molecule has 4 nitrogen and oxygen atoms in total. The molecule has 20 heavy (non-hydrogen) atoms. The van der Waals surface area contributed by atoms with Gasteiger partial charge in [-0.25, -0.2) is 0 Å². The predicted molar refractivity (Wildman–Crippen MR) is 71.7 cm³/mol. The molecular weight excluding hydrogens is 266 g/mol.